The van der Waals surface area contributed by atoms with Crippen LogP contribution in [-0.4, -0.2) is 43.7 Å². The van der Waals surface area contributed by atoms with Crippen molar-refractivity contribution in [1.29, 1.82) is 0 Å². The first kappa shape index (κ1) is 16.0. The van der Waals surface area contributed by atoms with Crippen molar-refractivity contribution in [1.82, 2.24) is 4.90 Å². The molecule has 0 aromatic heterocycles. The fraction of sp³-hybridized carbons (Fsp3) is 0.588. The Balaban J connectivity index is 1.72. The lowest BCUT2D eigenvalue weighted by molar-refractivity contribution is -0.116. The van der Waals surface area contributed by atoms with Gasteiger partial charge in [-0.05, 0) is 36.6 Å². The van der Waals surface area contributed by atoms with E-state index in [9.17, 15) is 4.79 Å². The van der Waals surface area contributed by atoms with Crippen molar-refractivity contribution in [3.8, 4) is 0 Å². The Morgan fingerprint density at radius 1 is 1.33 bits per heavy atom. The normalized spacial score (nSPS) is 16.1. The Labute approximate surface area is 127 Å². The third-order valence-electron chi connectivity index (χ3n) is 3.82. The quantitative estimate of drug-likeness (QED) is 0.876. The van der Waals surface area contributed by atoms with Gasteiger partial charge in [0.05, 0.1) is 13.2 Å². The fourth-order valence-electron chi connectivity index (χ4n) is 2.49. The lowest BCUT2D eigenvalue weighted by Gasteiger charge is -2.26. The summed E-state index contributed by atoms with van der Waals surface area (Å²) in [5, 5.41) is 2.99. The van der Waals surface area contributed by atoms with Gasteiger partial charge in [0.1, 0.15) is 0 Å². The summed E-state index contributed by atoms with van der Waals surface area (Å²) in [5.74, 6) is 0.576. The van der Waals surface area contributed by atoms with Crippen molar-refractivity contribution in [2.45, 2.75) is 32.6 Å². The highest BCUT2D eigenvalue weighted by Crippen LogP contribution is 2.18. The minimum Gasteiger partial charge on any atom is -0.379 e. The number of hydrogen-bond acceptors (Lipinski definition) is 3. The predicted molar refractivity (Wildman–Crippen MR) is 85.7 cm³/mol. The van der Waals surface area contributed by atoms with Crippen molar-refractivity contribution in [2.75, 3.05) is 38.2 Å². The number of morpholine rings is 1. The largest absolute Gasteiger partial charge is 0.379 e. The molecule has 0 aliphatic carbocycles. The Morgan fingerprint density at radius 3 is 2.81 bits per heavy atom. The van der Waals surface area contributed by atoms with E-state index in [0.29, 0.717) is 12.3 Å². The minimum absolute atomic E-state index is 0.101. The number of nitrogens with zero attached hydrogens (tertiary/aromatic N) is 1. The Kier molecular flexibility index (Phi) is 6.21. The molecule has 1 fully saturated rings. The topological polar surface area (TPSA) is 41.6 Å². The van der Waals surface area contributed by atoms with E-state index in [0.717, 1.165) is 45.0 Å². The maximum atomic E-state index is 12.0. The van der Waals surface area contributed by atoms with Gasteiger partial charge in [-0.3, -0.25) is 9.69 Å². The SMILES string of the molecule is CC(C)c1cccc(NC(=O)CCCN2CCOCC2)c1. The molecule has 0 saturated carbocycles. The average Bonchev–Trinajstić information content (AvgIpc) is 2.48. The van der Waals surface area contributed by atoms with E-state index >= 15 is 0 Å². The van der Waals surface area contributed by atoms with Crippen LogP contribution in [0.5, 0.6) is 0 Å². The summed E-state index contributed by atoms with van der Waals surface area (Å²) in [4.78, 5) is 14.3. The number of amides is 1. The molecule has 1 aliphatic rings. The Hall–Kier alpha value is -1.39. The molecule has 1 aliphatic heterocycles. The molecule has 1 N–H and O–H groups in total. The molecule has 1 aromatic rings. The molecule has 4 heteroatoms. The molecule has 116 valence electrons. The van der Waals surface area contributed by atoms with Crippen LogP contribution in [0.2, 0.25) is 0 Å². The lowest BCUT2D eigenvalue weighted by Crippen LogP contribution is -2.37. The third-order valence-corrected chi connectivity index (χ3v) is 3.82. The number of anilines is 1. The zero-order chi connectivity index (χ0) is 15.1. The van der Waals surface area contributed by atoms with Crippen molar-refractivity contribution in [3.05, 3.63) is 29.8 Å². The van der Waals surface area contributed by atoms with Gasteiger partial charge in [0.25, 0.3) is 0 Å². The van der Waals surface area contributed by atoms with Gasteiger partial charge in [-0.2, -0.15) is 0 Å². The molecular weight excluding hydrogens is 264 g/mol. The number of hydrogen-bond donors (Lipinski definition) is 1. The van der Waals surface area contributed by atoms with Crippen LogP contribution in [0.25, 0.3) is 0 Å². The number of nitrogens with one attached hydrogen (secondary N) is 1. The number of ether oxygens (including phenoxy) is 1. The van der Waals surface area contributed by atoms with E-state index in [1.807, 2.05) is 12.1 Å². The number of benzene rings is 1. The van der Waals surface area contributed by atoms with E-state index < -0.39 is 0 Å². The van der Waals surface area contributed by atoms with Gasteiger partial charge >= 0.3 is 0 Å². The van der Waals surface area contributed by atoms with Gasteiger partial charge in [0, 0.05) is 25.2 Å². The Bertz CT molecular complexity index is 454. The summed E-state index contributed by atoms with van der Waals surface area (Å²) in [6.45, 7) is 8.88. The van der Waals surface area contributed by atoms with Crippen LogP contribution in [0.4, 0.5) is 5.69 Å². The summed E-state index contributed by atoms with van der Waals surface area (Å²) < 4.78 is 5.32. The maximum Gasteiger partial charge on any atom is 0.224 e. The highest BCUT2D eigenvalue weighted by Gasteiger charge is 2.11. The lowest BCUT2D eigenvalue weighted by atomic mass is 10.0. The van der Waals surface area contributed by atoms with Gasteiger partial charge < -0.3 is 10.1 Å². The molecule has 0 bridgehead atoms. The van der Waals surface area contributed by atoms with Crippen LogP contribution in [0.3, 0.4) is 0 Å². The van der Waals surface area contributed by atoms with E-state index in [-0.39, 0.29) is 5.91 Å². The number of carbonyl (C=O) groups is 1. The van der Waals surface area contributed by atoms with Gasteiger partial charge in [-0.15, -0.1) is 0 Å². The van der Waals surface area contributed by atoms with Crippen LogP contribution in [0, 0.1) is 0 Å². The van der Waals surface area contributed by atoms with Crippen molar-refractivity contribution in [2.24, 2.45) is 0 Å². The van der Waals surface area contributed by atoms with E-state index in [1.54, 1.807) is 0 Å². The van der Waals surface area contributed by atoms with Crippen molar-refractivity contribution >= 4 is 11.6 Å². The van der Waals surface area contributed by atoms with E-state index in [2.05, 4.69) is 36.2 Å². The average molecular weight is 290 g/mol. The molecule has 1 aromatic carbocycles. The van der Waals surface area contributed by atoms with Crippen LogP contribution in [0.1, 0.15) is 38.2 Å². The predicted octanol–water partition coefficient (Wildman–Crippen LogP) is 2.86. The summed E-state index contributed by atoms with van der Waals surface area (Å²) in [6, 6.07) is 8.10. The summed E-state index contributed by atoms with van der Waals surface area (Å²) in [6.07, 6.45) is 1.47. The molecule has 0 unspecified atom stereocenters. The molecular formula is C17H26N2O2. The first-order valence-corrected chi connectivity index (χ1v) is 7.85. The second-order valence-electron chi connectivity index (χ2n) is 5.89. The zero-order valence-electron chi connectivity index (χ0n) is 13.1. The molecule has 1 saturated heterocycles. The summed E-state index contributed by atoms with van der Waals surface area (Å²) in [5.41, 5.74) is 2.15. The van der Waals surface area contributed by atoms with Crippen LogP contribution in [0.15, 0.2) is 24.3 Å². The van der Waals surface area contributed by atoms with Gasteiger partial charge in [0.2, 0.25) is 5.91 Å². The second-order valence-corrected chi connectivity index (χ2v) is 5.89. The van der Waals surface area contributed by atoms with E-state index in [1.165, 1.54) is 5.56 Å². The minimum atomic E-state index is 0.101. The van der Waals surface area contributed by atoms with Gasteiger partial charge in [-0.25, -0.2) is 0 Å². The van der Waals surface area contributed by atoms with Crippen LogP contribution < -0.4 is 5.32 Å². The highest BCUT2D eigenvalue weighted by molar-refractivity contribution is 5.90. The standard InChI is InChI=1S/C17H26N2O2/c1-14(2)15-5-3-6-16(13-15)18-17(20)7-4-8-19-9-11-21-12-10-19/h3,5-6,13-14H,4,7-12H2,1-2H3,(H,18,20). The molecule has 4 nitrogen and oxygen atoms in total. The first-order chi connectivity index (χ1) is 10.1. The van der Waals surface area contributed by atoms with E-state index in [4.69, 9.17) is 4.74 Å². The van der Waals surface area contributed by atoms with Crippen molar-refractivity contribution < 1.29 is 9.53 Å². The molecule has 1 heterocycles. The second kappa shape index (κ2) is 8.15. The molecule has 1 amide bonds. The summed E-state index contributed by atoms with van der Waals surface area (Å²) >= 11 is 0. The number of rotatable bonds is 6. The monoisotopic (exact) mass is 290 g/mol. The molecule has 0 radical (unpaired) electrons. The molecule has 21 heavy (non-hydrogen) atoms. The zero-order valence-corrected chi connectivity index (χ0v) is 13.1. The fourth-order valence-corrected chi connectivity index (χ4v) is 2.49. The molecule has 0 atom stereocenters. The molecule has 0 spiro atoms. The Morgan fingerprint density at radius 2 is 2.10 bits per heavy atom. The van der Waals surface area contributed by atoms with Crippen LogP contribution in [-0.2, 0) is 9.53 Å². The van der Waals surface area contributed by atoms with Gasteiger partial charge in [0.15, 0.2) is 0 Å². The highest BCUT2D eigenvalue weighted by atomic mass is 16.5. The number of carbonyl (C=O) groups excluding carboxylic acids is 1. The summed E-state index contributed by atoms with van der Waals surface area (Å²) in [7, 11) is 0. The molecule has 2 rings (SSSR count). The van der Waals surface area contributed by atoms with Gasteiger partial charge in [-0.1, -0.05) is 26.0 Å². The smallest absolute Gasteiger partial charge is 0.224 e. The third kappa shape index (κ3) is 5.48. The van der Waals surface area contributed by atoms with Crippen molar-refractivity contribution in [3.63, 3.8) is 0 Å². The maximum absolute atomic E-state index is 12.0. The van der Waals surface area contributed by atoms with Crippen LogP contribution >= 0.6 is 0 Å². The first-order valence-electron chi connectivity index (χ1n) is 7.85.